The van der Waals surface area contributed by atoms with E-state index in [1.807, 2.05) is 24.0 Å². The molecule has 1 fully saturated rings. The molecule has 1 heterocycles. The Hall–Kier alpha value is -2.68. The molecule has 0 aromatic heterocycles. The number of carbonyl (C=O) groups is 3. The molecule has 1 aliphatic heterocycles. The van der Waals surface area contributed by atoms with Gasteiger partial charge in [0.05, 0.1) is 12.5 Å². The molecule has 1 aliphatic rings. The number of likely N-dealkylation sites (tertiary alicyclic amines) is 1. The number of hydrogen-bond acceptors (Lipinski definition) is 5. The van der Waals surface area contributed by atoms with Crippen LogP contribution < -0.4 is 4.90 Å². The lowest BCUT2D eigenvalue weighted by Crippen LogP contribution is -2.38. The molecule has 1 aromatic rings. The quantitative estimate of drug-likeness (QED) is 0.565. The smallest absolute Gasteiger partial charge is 0.229 e. The normalized spacial score (nSPS) is 14.0. The second kappa shape index (κ2) is 7.54. The number of benzene rings is 1. The summed E-state index contributed by atoms with van der Waals surface area (Å²) in [5, 5.41) is 8.82. The van der Waals surface area contributed by atoms with Gasteiger partial charge < -0.3 is 4.90 Å². The van der Waals surface area contributed by atoms with Crippen molar-refractivity contribution in [3.63, 3.8) is 0 Å². The molecule has 0 saturated carbocycles. The lowest BCUT2D eigenvalue weighted by atomic mass is 10.1. The Balaban J connectivity index is 2.12. The maximum absolute atomic E-state index is 11.7. The average molecular weight is 313 g/mol. The SMILES string of the molecule is Cc1cc(N(CCC#N)CCN2C(=O)CCC2=O)ccc1C=O. The first kappa shape index (κ1) is 16.7. The van der Waals surface area contributed by atoms with Crippen LogP contribution in [0.25, 0.3) is 0 Å². The lowest BCUT2D eigenvalue weighted by molar-refractivity contribution is -0.138. The Bertz CT molecular complexity index is 648. The van der Waals surface area contributed by atoms with E-state index in [2.05, 4.69) is 6.07 Å². The number of rotatable bonds is 7. The number of carbonyl (C=O) groups excluding carboxylic acids is 3. The Labute approximate surface area is 135 Å². The van der Waals surface area contributed by atoms with Crippen molar-refractivity contribution in [1.29, 1.82) is 5.26 Å². The zero-order valence-electron chi connectivity index (χ0n) is 13.1. The Morgan fingerprint density at radius 2 is 1.96 bits per heavy atom. The average Bonchev–Trinajstić information content (AvgIpc) is 2.86. The number of anilines is 1. The van der Waals surface area contributed by atoms with Crippen molar-refractivity contribution in [3.05, 3.63) is 29.3 Å². The molecule has 0 radical (unpaired) electrons. The van der Waals surface area contributed by atoms with Gasteiger partial charge in [0.1, 0.15) is 6.29 Å². The van der Waals surface area contributed by atoms with Gasteiger partial charge in [0.15, 0.2) is 0 Å². The van der Waals surface area contributed by atoms with Crippen LogP contribution in [0.15, 0.2) is 18.2 Å². The van der Waals surface area contributed by atoms with Crippen LogP contribution in [0.3, 0.4) is 0 Å². The Morgan fingerprint density at radius 3 is 2.52 bits per heavy atom. The summed E-state index contributed by atoms with van der Waals surface area (Å²) in [6.45, 7) is 3.15. The van der Waals surface area contributed by atoms with Gasteiger partial charge in [-0.15, -0.1) is 0 Å². The first-order valence-corrected chi connectivity index (χ1v) is 7.57. The summed E-state index contributed by atoms with van der Waals surface area (Å²) < 4.78 is 0. The monoisotopic (exact) mass is 313 g/mol. The standard InChI is InChI=1S/C17H19N3O3/c1-13-11-15(4-3-14(13)12-21)19(8-2-7-18)9-10-20-16(22)5-6-17(20)23/h3-4,11-12H,2,5-6,8-10H2,1H3. The van der Waals surface area contributed by atoms with E-state index in [-0.39, 0.29) is 24.7 Å². The molecule has 6 heteroatoms. The summed E-state index contributed by atoms with van der Waals surface area (Å²) in [6.07, 6.45) is 1.71. The first-order valence-electron chi connectivity index (χ1n) is 7.57. The Morgan fingerprint density at radius 1 is 1.26 bits per heavy atom. The summed E-state index contributed by atoms with van der Waals surface area (Å²) in [7, 11) is 0. The van der Waals surface area contributed by atoms with Gasteiger partial charge in [0.2, 0.25) is 11.8 Å². The molecule has 1 saturated heterocycles. The number of nitriles is 1. The molecular formula is C17H19N3O3. The van der Waals surface area contributed by atoms with E-state index in [1.54, 1.807) is 6.07 Å². The van der Waals surface area contributed by atoms with Crippen LogP contribution in [0.5, 0.6) is 0 Å². The van der Waals surface area contributed by atoms with Crippen LogP contribution >= 0.6 is 0 Å². The molecular weight excluding hydrogens is 294 g/mol. The van der Waals surface area contributed by atoms with Crippen LogP contribution in [0, 0.1) is 18.3 Å². The molecule has 6 nitrogen and oxygen atoms in total. The summed E-state index contributed by atoms with van der Waals surface area (Å²) in [5.41, 5.74) is 2.36. The predicted octanol–water partition coefficient (Wildman–Crippen LogP) is 1.68. The van der Waals surface area contributed by atoms with Crippen LogP contribution in [-0.4, -0.2) is 42.6 Å². The summed E-state index contributed by atoms with van der Waals surface area (Å²) >= 11 is 0. The molecule has 0 unspecified atom stereocenters. The first-order chi connectivity index (χ1) is 11.1. The van der Waals surface area contributed by atoms with Crippen molar-refractivity contribution in [2.45, 2.75) is 26.2 Å². The minimum absolute atomic E-state index is 0.136. The third kappa shape index (κ3) is 3.95. The molecule has 120 valence electrons. The van der Waals surface area contributed by atoms with E-state index in [0.717, 1.165) is 17.5 Å². The van der Waals surface area contributed by atoms with Crippen molar-refractivity contribution in [2.75, 3.05) is 24.5 Å². The minimum atomic E-state index is -0.136. The maximum Gasteiger partial charge on any atom is 0.229 e. The van der Waals surface area contributed by atoms with Gasteiger partial charge in [-0.1, -0.05) is 0 Å². The summed E-state index contributed by atoms with van der Waals surface area (Å²) in [4.78, 5) is 37.5. The fourth-order valence-corrected chi connectivity index (χ4v) is 2.64. The van der Waals surface area contributed by atoms with Crippen LogP contribution in [0.4, 0.5) is 5.69 Å². The second-order valence-corrected chi connectivity index (χ2v) is 5.49. The number of hydrogen-bond donors (Lipinski definition) is 0. The molecule has 0 spiro atoms. The highest BCUT2D eigenvalue weighted by molar-refractivity contribution is 6.01. The van der Waals surface area contributed by atoms with Crippen molar-refractivity contribution < 1.29 is 14.4 Å². The molecule has 2 amide bonds. The van der Waals surface area contributed by atoms with E-state index < -0.39 is 0 Å². The van der Waals surface area contributed by atoms with Crippen LogP contribution in [0.1, 0.15) is 35.2 Å². The molecule has 0 N–H and O–H groups in total. The van der Waals surface area contributed by atoms with E-state index in [4.69, 9.17) is 5.26 Å². The molecule has 2 rings (SSSR count). The molecule has 0 aliphatic carbocycles. The third-order valence-electron chi connectivity index (χ3n) is 3.99. The van der Waals surface area contributed by atoms with E-state index in [0.29, 0.717) is 31.6 Å². The topological polar surface area (TPSA) is 81.5 Å². The second-order valence-electron chi connectivity index (χ2n) is 5.49. The maximum atomic E-state index is 11.7. The van der Waals surface area contributed by atoms with Gasteiger partial charge in [-0.3, -0.25) is 19.3 Å². The Kier molecular flexibility index (Phi) is 5.47. The zero-order chi connectivity index (χ0) is 16.8. The highest BCUT2D eigenvalue weighted by Gasteiger charge is 2.28. The largest absolute Gasteiger partial charge is 0.369 e. The highest BCUT2D eigenvalue weighted by atomic mass is 16.2. The van der Waals surface area contributed by atoms with Gasteiger partial charge in [-0.2, -0.15) is 5.26 Å². The molecule has 0 bridgehead atoms. The lowest BCUT2D eigenvalue weighted by Gasteiger charge is -2.26. The van der Waals surface area contributed by atoms with E-state index in [9.17, 15) is 14.4 Å². The van der Waals surface area contributed by atoms with Crippen LogP contribution in [0.2, 0.25) is 0 Å². The molecule has 1 aromatic carbocycles. The van der Waals surface area contributed by atoms with Gasteiger partial charge >= 0.3 is 0 Å². The summed E-state index contributed by atoms with van der Waals surface area (Å²) in [6, 6.07) is 7.55. The number of amides is 2. The van der Waals surface area contributed by atoms with Crippen molar-refractivity contribution in [1.82, 2.24) is 4.90 Å². The van der Waals surface area contributed by atoms with Gasteiger partial charge in [0, 0.05) is 43.7 Å². The number of aryl methyl sites for hydroxylation is 1. The minimum Gasteiger partial charge on any atom is -0.369 e. The van der Waals surface area contributed by atoms with Crippen molar-refractivity contribution in [2.24, 2.45) is 0 Å². The van der Waals surface area contributed by atoms with Crippen molar-refractivity contribution >= 4 is 23.8 Å². The van der Waals surface area contributed by atoms with E-state index in [1.165, 1.54) is 4.90 Å². The zero-order valence-corrected chi connectivity index (χ0v) is 13.1. The van der Waals surface area contributed by atoms with Gasteiger partial charge in [0.25, 0.3) is 0 Å². The van der Waals surface area contributed by atoms with E-state index >= 15 is 0 Å². The van der Waals surface area contributed by atoms with Gasteiger partial charge in [-0.25, -0.2) is 0 Å². The fraction of sp³-hybridized carbons (Fsp3) is 0.412. The summed E-state index contributed by atoms with van der Waals surface area (Å²) in [5.74, 6) is -0.273. The third-order valence-corrected chi connectivity index (χ3v) is 3.99. The van der Waals surface area contributed by atoms with Crippen LogP contribution in [-0.2, 0) is 9.59 Å². The number of nitrogens with zero attached hydrogens (tertiary/aromatic N) is 3. The molecule has 23 heavy (non-hydrogen) atoms. The number of aldehydes is 1. The van der Waals surface area contributed by atoms with Gasteiger partial charge in [-0.05, 0) is 30.7 Å². The van der Waals surface area contributed by atoms with Crippen molar-refractivity contribution in [3.8, 4) is 6.07 Å². The predicted molar refractivity (Wildman–Crippen MR) is 85.0 cm³/mol. The molecule has 0 atom stereocenters. The fourth-order valence-electron chi connectivity index (χ4n) is 2.64. The highest BCUT2D eigenvalue weighted by Crippen LogP contribution is 2.19. The number of imide groups is 1.